The molecule has 296 valence electrons. The topological polar surface area (TPSA) is 33.5 Å². The Morgan fingerprint density at radius 2 is 1.44 bits per heavy atom. The summed E-state index contributed by atoms with van der Waals surface area (Å²) >= 11 is 0. The SMILES string of the molecule is [2H]C([2H])([2H])c1ccnc(-n2c3[c-]c(Oc4[c-]c(N5[CH-]N(c6cc(C(C)(C)C)cc(C(C)(C)C)c6)c6ccccc65)ccc4)ccc3c3c(CCC)c(CCC)ccc32)c1.[Pt]. The fourth-order valence-electron chi connectivity index (χ4n) is 7.89. The summed E-state index contributed by atoms with van der Waals surface area (Å²) < 4.78 is 33.0. The van der Waals surface area contributed by atoms with E-state index in [1.54, 1.807) is 18.3 Å². The number of hydrogen-bond acceptors (Lipinski definition) is 4. The van der Waals surface area contributed by atoms with Crippen molar-refractivity contribution in [2.75, 3.05) is 9.80 Å². The minimum Gasteiger partial charge on any atom is -0.509 e. The molecular formula is C51H53N4OPt-3. The summed E-state index contributed by atoms with van der Waals surface area (Å²) in [6.07, 6.45) is 5.55. The van der Waals surface area contributed by atoms with Crippen molar-refractivity contribution < 1.29 is 29.9 Å². The zero-order chi connectivity index (χ0) is 41.9. The predicted octanol–water partition coefficient (Wildman–Crippen LogP) is 13.8. The molecule has 0 radical (unpaired) electrons. The maximum absolute atomic E-state index is 8.14. The van der Waals surface area contributed by atoms with Crippen LogP contribution in [0.1, 0.15) is 100 Å². The number of ether oxygens (including phenoxy) is 1. The molecule has 2 aromatic heterocycles. The zero-order valence-electron chi connectivity index (χ0n) is 37.2. The molecule has 8 rings (SSSR count). The fraction of sp³-hybridized carbons (Fsp3) is 0.294. The van der Waals surface area contributed by atoms with Crippen LogP contribution in [0.15, 0.2) is 103 Å². The fourth-order valence-corrected chi connectivity index (χ4v) is 7.89. The number of rotatable bonds is 9. The van der Waals surface area contributed by atoms with Gasteiger partial charge in [0.25, 0.3) is 0 Å². The molecule has 0 spiro atoms. The number of hydrogen-bond donors (Lipinski definition) is 0. The van der Waals surface area contributed by atoms with E-state index >= 15 is 0 Å². The summed E-state index contributed by atoms with van der Waals surface area (Å²) in [5.41, 5.74) is 11.3. The Morgan fingerprint density at radius 3 is 2.12 bits per heavy atom. The third-order valence-electron chi connectivity index (χ3n) is 10.8. The summed E-state index contributed by atoms with van der Waals surface area (Å²) in [7, 11) is 0. The van der Waals surface area contributed by atoms with E-state index in [-0.39, 0.29) is 37.5 Å². The Kier molecular flexibility index (Phi) is 10.1. The molecule has 6 heteroatoms. The van der Waals surface area contributed by atoms with Gasteiger partial charge in [-0.15, -0.1) is 48.1 Å². The molecule has 0 N–H and O–H groups in total. The van der Waals surface area contributed by atoms with Crippen LogP contribution in [0, 0.1) is 25.7 Å². The van der Waals surface area contributed by atoms with Gasteiger partial charge in [0.05, 0.1) is 0 Å². The molecule has 5 nitrogen and oxygen atoms in total. The van der Waals surface area contributed by atoms with E-state index in [2.05, 4.69) is 145 Å². The van der Waals surface area contributed by atoms with Crippen molar-refractivity contribution in [3.63, 3.8) is 0 Å². The molecule has 5 aromatic carbocycles. The monoisotopic (exact) mass is 935 g/mol. The number of aromatic nitrogens is 2. The Hall–Kier alpha value is -4.86. The standard InChI is InChI=1S/C51H53N4O.Pt/c1-10-15-35-21-24-46-49(42(35)16-11-2)43-23-22-41(32-47(43)55(46)48-27-34(3)25-26-52-48)56-40-18-14-17-38(31-40)53-33-54(45-20-13-12-19-44(45)53)39-29-36(50(4,5)6)28-37(30-39)51(7,8)9;/h12-14,17-30,33H,10-11,15-16H2,1-9H3;/q-3;/i3D3;. The number of anilines is 4. The van der Waals surface area contributed by atoms with Crippen LogP contribution in [0.4, 0.5) is 22.7 Å². The van der Waals surface area contributed by atoms with E-state index in [1.165, 1.54) is 22.3 Å². The Balaban J connectivity index is 0.00000544. The molecule has 1 aliphatic heterocycles. The van der Waals surface area contributed by atoms with Crippen LogP contribution in [0.5, 0.6) is 11.5 Å². The van der Waals surface area contributed by atoms with E-state index in [9.17, 15) is 0 Å². The first-order chi connectivity index (χ1) is 28.0. The van der Waals surface area contributed by atoms with Crippen LogP contribution in [0.25, 0.3) is 27.6 Å². The van der Waals surface area contributed by atoms with Crippen molar-refractivity contribution in [1.82, 2.24) is 9.55 Å². The zero-order valence-corrected chi connectivity index (χ0v) is 36.5. The molecule has 0 atom stereocenters. The van der Waals surface area contributed by atoms with E-state index in [4.69, 9.17) is 13.8 Å². The number of nitrogens with zero attached hydrogens (tertiary/aromatic N) is 4. The molecule has 3 heterocycles. The first-order valence-electron chi connectivity index (χ1n) is 21.4. The van der Waals surface area contributed by atoms with E-state index in [1.807, 2.05) is 28.8 Å². The van der Waals surface area contributed by atoms with Gasteiger partial charge < -0.3 is 19.1 Å². The second-order valence-electron chi connectivity index (χ2n) is 17.0. The Morgan fingerprint density at radius 1 is 0.737 bits per heavy atom. The maximum atomic E-state index is 8.14. The van der Waals surface area contributed by atoms with Crippen molar-refractivity contribution in [2.45, 2.75) is 98.8 Å². The molecule has 57 heavy (non-hydrogen) atoms. The van der Waals surface area contributed by atoms with E-state index in [0.717, 1.165) is 70.2 Å². The van der Waals surface area contributed by atoms with Crippen molar-refractivity contribution in [2.24, 2.45) is 0 Å². The van der Waals surface area contributed by atoms with Crippen LogP contribution >= 0.6 is 0 Å². The Bertz CT molecular complexity index is 2660. The number of aryl methyl sites for hydroxylation is 3. The average molecular weight is 936 g/mol. The van der Waals surface area contributed by atoms with Gasteiger partial charge >= 0.3 is 0 Å². The van der Waals surface area contributed by atoms with Gasteiger partial charge in [0.1, 0.15) is 5.82 Å². The first-order valence-corrected chi connectivity index (χ1v) is 19.9. The second kappa shape index (κ2) is 15.8. The number of benzene rings is 5. The maximum Gasteiger partial charge on any atom is 0.135 e. The van der Waals surface area contributed by atoms with Gasteiger partial charge in [-0.1, -0.05) is 98.0 Å². The second-order valence-corrected chi connectivity index (χ2v) is 17.0. The number of pyridine rings is 1. The molecule has 0 saturated heterocycles. The van der Waals surface area contributed by atoms with Crippen LogP contribution in [-0.2, 0) is 44.7 Å². The van der Waals surface area contributed by atoms with Crippen LogP contribution in [-0.4, -0.2) is 9.55 Å². The van der Waals surface area contributed by atoms with Gasteiger partial charge in [-0.05, 0) is 106 Å². The minimum atomic E-state index is -2.27. The molecule has 1 aliphatic rings. The van der Waals surface area contributed by atoms with Crippen LogP contribution in [0.3, 0.4) is 0 Å². The summed E-state index contributed by atoms with van der Waals surface area (Å²) in [5, 5.41) is 2.18. The van der Waals surface area contributed by atoms with Crippen LogP contribution < -0.4 is 14.5 Å². The molecule has 0 amide bonds. The van der Waals surface area contributed by atoms with Gasteiger partial charge in [0, 0.05) is 65.5 Å². The first kappa shape index (κ1) is 36.5. The third kappa shape index (κ3) is 7.76. The summed E-state index contributed by atoms with van der Waals surface area (Å²) in [4.78, 5) is 9.15. The normalized spacial score (nSPS) is 14.0. The van der Waals surface area contributed by atoms with Crippen molar-refractivity contribution in [1.29, 1.82) is 0 Å². The predicted molar refractivity (Wildman–Crippen MR) is 234 cm³/mol. The molecule has 0 aliphatic carbocycles. The third-order valence-corrected chi connectivity index (χ3v) is 10.8. The minimum absolute atomic E-state index is 0. The van der Waals surface area contributed by atoms with Crippen molar-refractivity contribution in [3.05, 3.63) is 150 Å². The summed E-state index contributed by atoms with van der Waals surface area (Å²) in [6.45, 7) is 17.9. The van der Waals surface area contributed by atoms with Gasteiger partial charge in [-0.2, -0.15) is 12.1 Å². The molecule has 0 unspecified atom stereocenters. The molecule has 0 fully saturated rings. The average Bonchev–Trinajstić information content (AvgIpc) is 3.74. The molecule has 7 aromatic rings. The Labute approximate surface area is 358 Å². The summed E-state index contributed by atoms with van der Waals surface area (Å²) in [6, 6.07) is 40.2. The van der Waals surface area contributed by atoms with Crippen molar-refractivity contribution >= 4 is 44.6 Å². The van der Waals surface area contributed by atoms with Gasteiger partial charge in [-0.25, -0.2) is 4.98 Å². The van der Waals surface area contributed by atoms with E-state index in [0.29, 0.717) is 17.3 Å². The number of fused-ring (bicyclic) bond motifs is 4. The van der Waals surface area contributed by atoms with Gasteiger partial charge in [0.15, 0.2) is 0 Å². The number of para-hydroxylation sites is 2. The molecular weight excluding hydrogens is 880 g/mol. The molecule has 0 saturated carbocycles. The van der Waals surface area contributed by atoms with E-state index < -0.39 is 6.85 Å². The van der Waals surface area contributed by atoms with Gasteiger partial charge in [-0.3, -0.25) is 0 Å². The van der Waals surface area contributed by atoms with Crippen LogP contribution in [0.2, 0.25) is 0 Å². The quantitative estimate of drug-likeness (QED) is 0.135. The largest absolute Gasteiger partial charge is 0.509 e. The van der Waals surface area contributed by atoms with Gasteiger partial charge in [0.2, 0.25) is 0 Å². The summed E-state index contributed by atoms with van der Waals surface area (Å²) in [5.74, 6) is 1.60. The molecule has 0 bridgehead atoms. The smallest absolute Gasteiger partial charge is 0.135 e. The van der Waals surface area contributed by atoms with Crippen molar-refractivity contribution in [3.8, 4) is 17.3 Å².